The van der Waals surface area contributed by atoms with E-state index in [2.05, 4.69) is 15.6 Å². The van der Waals surface area contributed by atoms with Crippen molar-refractivity contribution >= 4 is 17.5 Å². The summed E-state index contributed by atoms with van der Waals surface area (Å²) in [7, 11) is 3.48. The Morgan fingerprint density at radius 2 is 1.88 bits per heavy atom. The molecule has 1 atom stereocenters. The van der Waals surface area contributed by atoms with Gasteiger partial charge in [0.25, 0.3) is 11.8 Å². The fraction of sp³-hybridized carbons (Fsp3) is 0.160. The lowest BCUT2D eigenvalue weighted by atomic mass is 10.0. The predicted molar refractivity (Wildman–Crippen MR) is 123 cm³/mol. The van der Waals surface area contributed by atoms with E-state index < -0.39 is 6.04 Å². The molecule has 0 bridgehead atoms. The van der Waals surface area contributed by atoms with Crippen LogP contribution < -0.4 is 15.4 Å². The molecule has 0 aliphatic heterocycles. The van der Waals surface area contributed by atoms with E-state index >= 15 is 0 Å². The number of hydrogen-bond acceptors (Lipinski definition) is 5. The normalized spacial score (nSPS) is 11.6. The Bertz CT molecular complexity index is 1260. The summed E-state index contributed by atoms with van der Waals surface area (Å²) in [6.45, 7) is 1.85. The van der Waals surface area contributed by atoms with Crippen molar-refractivity contribution in [3.8, 4) is 5.75 Å². The molecular weight excluding hydrogens is 420 g/mol. The molecule has 1 unspecified atom stereocenters. The van der Waals surface area contributed by atoms with Crippen molar-refractivity contribution in [1.82, 2.24) is 14.9 Å². The van der Waals surface area contributed by atoms with Crippen molar-refractivity contribution in [2.45, 2.75) is 13.0 Å². The number of hydrogen-bond donors (Lipinski definition) is 2. The smallest absolute Gasteiger partial charge is 0.291 e. The third-order valence-corrected chi connectivity index (χ3v) is 5.33. The minimum absolute atomic E-state index is 0.193. The lowest BCUT2D eigenvalue weighted by molar-refractivity contribution is 0.0939. The maximum absolute atomic E-state index is 13.2. The van der Waals surface area contributed by atoms with E-state index in [0.717, 1.165) is 16.9 Å². The second kappa shape index (κ2) is 9.44. The first-order chi connectivity index (χ1) is 16.0. The molecule has 4 rings (SSSR count). The number of carbonyl (C=O) groups excluding carboxylic acids is 2. The lowest BCUT2D eigenvalue weighted by Crippen LogP contribution is -2.31. The number of nitrogens with one attached hydrogen (secondary N) is 2. The number of furan rings is 1. The van der Waals surface area contributed by atoms with Gasteiger partial charge in [0.2, 0.25) is 0 Å². The average Bonchev–Trinajstić information content (AvgIpc) is 3.51. The quantitative estimate of drug-likeness (QED) is 0.447. The van der Waals surface area contributed by atoms with Crippen LogP contribution in [-0.4, -0.2) is 28.5 Å². The molecule has 2 aromatic heterocycles. The molecule has 33 heavy (non-hydrogen) atoms. The van der Waals surface area contributed by atoms with Crippen molar-refractivity contribution < 1.29 is 18.7 Å². The zero-order valence-electron chi connectivity index (χ0n) is 18.5. The molecule has 0 spiro atoms. The number of amides is 2. The van der Waals surface area contributed by atoms with Crippen molar-refractivity contribution in [2.24, 2.45) is 7.05 Å². The van der Waals surface area contributed by atoms with Crippen LogP contribution in [-0.2, 0) is 7.05 Å². The third-order valence-electron chi connectivity index (χ3n) is 5.33. The molecule has 8 nitrogen and oxygen atoms in total. The zero-order valence-corrected chi connectivity index (χ0v) is 18.5. The Kier molecular flexibility index (Phi) is 6.26. The molecule has 0 saturated heterocycles. The van der Waals surface area contributed by atoms with Crippen LogP contribution in [0.5, 0.6) is 5.75 Å². The monoisotopic (exact) mass is 444 g/mol. The van der Waals surface area contributed by atoms with Crippen LogP contribution in [0.4, 0.5) is 5.69 Å². The van der Waals surface area contributed by atoms with Crippen LogP contribution in [0.1, 0.15) is 43.9 Å². The van der Waals surface area contributed by atoms with Gasteiger partial charge in [0, 0.05) is 30.7 Å². The number of imidazole rings is 1. The fourth-order valence-electron chi connectivity index (χ4n) is 3.45. The summed E-state index contributed by atoms with van der Waals surface area (Å²) < 4.78 is 12.3. The van der Waals surface area contributed by atoms with Gasteiger partial charge >= 0.3 is 0 Å². The first-order valence-corrected chi connectivity index (χ1v) is 10.3. The molecule has 0 radical (unpaired) electrons. The van der Waals surface area contributed by atoms with Crippen molar-refractivity contribution in [3.63, 3.8) is 0 Å². The van der Waals surface area contributed by atoms with Crippen LogP contribution in [0.3, 0.4) is 0 Å². The second-order valence-electron chi connectivity index (χ2n) is 7.54. The highest BCUT2D eigenvalue weighted by atomic mass is 16.5. The van der Waals surface area contributed by atoms with E-state index in [1.807, 2.05) is 49.0 Å². The standard InChI is InChI=1S/C25H24N4O4/c1-16-6-7-18(15-20(16)27-25(31)21-5-4-14-33-21)24(30)28-22(23-26-12-13-29(23)2)17-8-10-19(32-3)11-9-17/h4-15,22H,1-3H3,(H,27,31)(H,28,30). The molecule has 2 aromatic carbocycles. The van der Waals surface area contributed by atoms with Gasteiger partial charge in [-0.3, -0.25) is 9.59 Å². The molecular formula is C25H24N4O4. The first kappa shape index (κ1) is 21.9. The largest absolute Gasteiger partial charge is 0.497 e. The molecule has 0 aliphatic carbocycles. The summed E-state index contributed by atoms with van der Waals surface area (Å²) >= 11 is 0. The SMILES string of the molecule is COc1ccc(C(NC(=O)c2ccc(C)c(NC(=O)c3ccco3)c2)c2nccn2C)cc1. The number of methoxy groups -OCH3 is 1. The molecule has 8 heteroatoms. The van der Waals surface area contributed by atoms with E-state index in [4.69, 9.17) is 9.15 Å². The summed E-state index contributed by atoms with van der Waals surface area (Å²) in [5.41, 5.74) is 2.62. The Balaban J connectivity index is 1.60. The molecule has 0 aliphatic rings. The average molecular weight is 444 g/mol. The predicted octanol–water partition coefficient (Wildman–Crippen LogP) is 4.10. The van der Waals surface area contributed by atoms with Crippen LogP contribution in [0.25, 0.3) is 0 Å². The second-order valence-corrected chi connectivity index (χ2v) is 7.54. The number of nitrogens with zero attached hydrogens (tertiary/aromatic N) is 2. The zero-order chi connectivity index (χ0) is 23.4. The number of ether oxygens (including phenoxy) is 1. The van der Waals surface area contributed by atoms with Crippen LogP contribution in [0.2, 0.25) is 0 Å². The Morgan fingerprint density at radius 3 is 2.52 bits per heavy atom. The molecule has 0 saturated carbocycles. The van der Waals surface area contributed by atoms with Crippen molar-refractivity contribution in [1.29, 1.82) is 0 Å². The van der Waals surface area contributed by atoms with Crippen LogP contribution >= 0.6 is 0 Å². The maximum atomic E-state index is 13.2. The van der Waals surface area contributed by atoms with Gasteiger partial charge in [-0.05, 0) is 54.4 Å². The van der Waals surface area contributed by atoms with Gasteiger partial charge < -0.3 is 24.4 Å². The summed E-state index contributed by atoms with van der Waals surface area (Å²) in [4.78, 5) is 30.1. The molecule has 168 valence electrons. The fourth-order valence-corrected chi connectivity index (χ4v) is 3.45. The van der Waals surface area contributed by atoms with Gasteiger partial charge in [-0.1, -0.05) is 18.2 Å². The Labute approximate surface area is 191 Å². The van der Waals surface area contributed by atoms with E-state index in [1.54, 1.807) is 43.6 Å². The highest BCUT2D eigenvalue weighted by molar-refractivity contribution is 6.04. The molecule has 2 heterocycles. The third kappa shape index (κ3) is 4.79. The summed E-state index contributed by atoms with van der Waals surface area (Å²) in [5.74, 6) is 0.918. The number of benzene rings is 2. The number of anilines is 1. The van der Waals surface area contributed by atoms with Crippen molar-refractivity contribution in [3.05, 3.63) is 102 Å². The number of rotatable bonds is 7. The molecule has 2 amide bonds. The van der Waals surface area contributed by atoms with Crippen LogP contribution in [0.15, 0.2) is 77.7 Å². The highest BCUT2D eigenvalue weighted by Crippen LogP contribution is 2.24. The molecule has 0 fully saturated rings. The maximum Gasteiger partial charge on any atom is 0.291 e. The van der Waals surface area contributed by atoms with Gasteiger partial charge in [-0.2, -0.15) is 0 Å². The number of aryl methyl sites for hydroxylation is 2. The van der Waals surface area contributed by atoms with E-state index in [-0.39, 0.29) is 17.6 Å². The lowest BCUT2D eigenvalue weighted by Gasteiger charge is -2.20. The van der Waals surface area contributed by atoms with Gasteiger partial charge in [-0.25, -0.2) is 4.98 Å². The highest BCUT2D eigenvalue weighted by Gasteiger charge is 2.22. The summed E-state index contributed by atoms with van der Waals surface area (Å²) in [6.07, 6.45) is 4.95. The Morgan fingerprint density at radius 1 is 1.09 bits per heavy atom. The first-order valence-electron chi connectivity index (χ1n) is 10.3. The summed E-state index contributed by atoms with van der Waals surface area (Å²) in [5, 5.41) is 5.86. The van der Waals surface area contributed by atoms with Gasteiger partial charge in [0.15, 0.2) is 5.76 Å². The number of aromatic nitrogens is 2. The van der Waals surface area contributed by atoms with Gasteiger partial charge in [0.05, 0.1) is 13.4 Å². The van der Waals surface area contributed by atoms with Gasteiger partial charge in [0.1, 0.15) is 17.6 Å². The minimum atomic E-state index is -0.481. The van der Waals surface area contributed by atoms with Gasteiger partial charge in [-0.15, -0.1) is 0 Å². The van der Waals surface area contributed by atoms with E-state index in [1.165, 1.54) is 6.26 Å². The molecule has 4 aromatic rings. The molecule has 2 N–H and O–H groups in total. The number of carbonyl (C=O) groups is 2. The minimum Gasteiger partial charge on any atom is -0.497 e. The van der Waals surface area contributed by atoms with Crippen molar-refractivity contribution in [2.75, 3.05) is 12.4 Å². The Hall–Kier alpha value is -4.33. The van der Waals surface area contributed by atoms with E-state index in [9.17, 15) is 9.59 Å². The van der Waals surface area contributed by atoms with E-state index in [0.29, 0.717) is 17.1 Å². The topological polar surface area (TPSA) is 98.4 Å². The summed E-state index contributed by atoms with van der Waals surface area (Å²) in [6, 6.07) is 15.4. The van der Waals surface area contributed by atoms with Crippen LogP contribution in [0, 0.1) is 6.92 Å².